The Hall–Kier alpha value is -2.05. The van der Waals surface area contributed by atoms with E-state index >= 15 is 0 Å². The van der Waals surface area contributed by atoms with Crippen molar-refractivity contribution in [2.24, 2.45) is 0 Å². The fourth-order valence-electron chi connectivity index (χ4n) is 2.04. The molecule has 0 saturated carbocycles. The Balaban J connectivity index is 2.10. The second-order valence-corrected chi connectivity index (χ2v) is 5.54. The van der Waals surface area contributed by atoms with Crippen molar-refractivity contribution in [3.63, 3.8) is 0 Å². The molecule has 6 heteroatoms. The zero-order valence-electron chi connectivity index (χ0n) is 9.72. The zero-order valence-corrected chi connectivity index (χ0v) is 11.4. The van der Waals surface area contributed by atoms with Crippen LogP contribution in [0.25, 0.3) is 27.7 Å². The molecule has 0 aliphatic rings. The standard InChI is InChI=1S/C13H8N4S2/c1-2-4-11-9(3-1)16-12(10-7-18-8-15-10)17(11)13-14-5-6-19-13/h1-8H. The Kier molecular flexibility index (Phi) is 2.43. The van der Waals surface area contributed by atoms with Gasteiger partial charge in [0.25, 0.3) is 0 Å². The molecule has 0 bridgehead atoms. The van der Waals surface area contributed by atoms with Crippen LogP contribution in [0.2, 0.25) is 0 Å². The Morgan fingerprint density at radius 3 is 2.84 bits per heavy atom. The number of hydrogen-bond acceptors (Lipinski definition) is 5. The molecule has 0 radical (unpaired) electrons. The van der Waals surface area contributed by atoms with Gasteiger partial charge in [0, 0.05) is 17.0 Å². The molecule has 0 saturated heterocycles. The summed E-state index contributed by atoms with van der Waals surface area (Å²) < 4.78 is 2.06. The van der Waals surface area contributed by atoms with Gasteiger partial charge in [-0.15, -0.1) is 22.7 Å². The molecule has 0 spiro atoms. The van der Waals surface area contributed by atoms with E-state index in [4.69, 9.17) is 0 Å². The third kappa shape index (κ3) is 1.68. The molecule has 19 heavy (non-hydrogen) atoms. The van der Waals surface area contributed by atoms with Gasteiger partial charge < -0.3 is 0 Å². The van der Waals surface area contributed by atoms with Crippen LogP contribution < -0.4 is 0 Å². The van der Waals surface area contributed by atoms with E-state index in [1.54, 1.807) is 28.9 Å². The van der Waals surface area contributed by atoms with Gasteiger partial charge in [-0.1, -0.05) is 12.1 Å². The third-order valence-electron chi connectivity index (χ3n) is 2.83. The highest BCUT2D eigenvalue weighted by Gasteiger charge is 2.16. The predicted octanol–water partition coefficient (Wildman–Crippen LogP) is 3.61. The lowest BCUT2D eigenvalue weighted by atomic mass is 10.3. The Morgan fingerprint density at radius 1 is 1.11 bits per heavy atom. The molecule has 3 heterocycles. The Bertz CT molecular complexity index is 816. The fraction of sp³-hybridized carbons (Fsp3) is 0. The maximum Gasteiger partial charge on any atom is 0.195 e. The predicted molar refractivity (Wildman–Crippen MR) is 77.9 cm³/mol. The lowest BCUT2D eigenvalue weighted by Gasteiger charge is -2.02. The molecule has 0 atom stereocenters. The average molecular weight is 284 g/mol. The lowest BCUT2D eigenvalue weighted by molar-refractivity contribution is 1.06. The van der Waals surface area contributed by atoms with Crippen LogP contribution in [0.1, 0.15) is 0 Å². The van der Waals surface area contributed by atoms with Crippen molar-refractivity contribution in [2.45, 2.75) is 0 Å². The van der Waals surface area contributed by atoms with Crippen LogP contribution in [0.15, 0.2) is 46.7 Å². The SMILES string of the molecule is c1ccc2c(c1)nc(-c1cscn1)n2-c1nccs1. The van der Waals surface area contributed by atoms with Crippen molar-refractivity contribution < 1.29 is 0 Å². The Morgan fingerprint density at radius 2 is 2.05 bits per heavy atom. The first-order valence-corrected chi connectivity index (χ1v) is 7.51. The van der Waals surface area contributed by atoms with Crippen LogP contribution in [0.5, 0.6) is 0 Å². The fourth-order valence-corrected chi connectivity index (χ4v) is 3.23. The van der Waals surface area contributed by atoms with Crippen LogP contribution in [0.3, 0.4) is 0 Å². The summed E-state index contributed by atoms with van der Waals surface area (Å²) in [6.45, 7) is 0. The van der Waals surface area contributed by atoms with Gasteiger partial charge >= 0.3 is 0 Å². The number of nitrogens with zero attached hydrogens (tertiary/aromatic N) is 4. The maximum absolute atomic E-state index is 4.68. The van der Waals surface area contributed by atoms with Crippen molar-refractivity contribution in [1.29, 1.82) is 0 Å². The van der Waals surface area contributed by atoms with Gasteiger partial charge in [-0.05, 0) is 12.1 Å². The summed E-state index contributed by atoms with van der Waals surface area (Å²) in [4.78, 5) is 13.4. The molecule has 0 amide bonds. The topological polar surface area (TPSA) is 43.6 Å². The first-order chi connectivity index (χ1) is 9.43. The van der Waals surface area contributed by atoms with Crippen LogP contribution in [-0.2, 0) is 0 Å². The van der Waals surface area contributed by atoms with Crippen molar-refractivity contribution in [1.82, 2.24) is 19.5 Å². The number of imidazole rings is 1. The minimum absolute atomic E-state index is 0.845. The minimum atomic E-state index is 0.845. The van der Waals surface area contributed by atoms with E-state index in [1.165, 1.54) is 0 Å². The van der Waals surface area contributed by atoms with Crippen LogP contribution >= 0.6 is 22.7 Å². The number of para-hydroxylation sites is 2. The molecule has 4 rings (SSSR count). The summed E-state index contributed by atoms with van der Waals surface area (Å²) in [5.74, 6) is 0.845. The highest BCUT2D eigenvalue weighted by Crippen LogP contribution is 2.28. The monoisotopic (exact) mass is 284 g/mol. The van der Waals surface area contributed by atoms with Gasteiger partial charge in [-0.3, -0.25) is 4.57 Å². The van der Waals surface area contributed by atoms with Gasteiger partial charge in [-0.25, -0.2) is 15.0 Å². The second kappa shape index (κ2) is 4.25. The quantitative estimate of drug-likeness (QED) is 0.565. The number of aromatic nitrogens is 4. The number of rotatable bonds is 2. The number of fused-ring (bicyclic) bond motifs is 1. The summed E-state index contributed by atoms with van der Waals surface area (Å²) in [5, 5.41) is 4.89. The number of hydrogen-bond donors (Lipinski definition) is 0. The highest BCUT2D eigenvalue weighted by atomic mass is 32.1. The lowest BCUT2D eigenvalue weighted by Crippen LogP contribution is -1.96. The van der Waals surface area contributed by atoms with E-state index < -0.39 is 0 Å². The van der Waals surface area contributed by atoms with Gasteiger partial charge in [0.2, 0.25) is 0 Å². The van der Waals surface area contributed by atoms with Crippen molar-refractivity contribution in [3.8, 4) is 16.6 Å². The van der Waals surface area contributed by atoms with Gasteiger partial charge in [-0.2, -0.15) is 0 Å². The molecule has 3 aromatic heterocycles. The number of thiazole rings is 2. The summed E-state index contributed by atoms with van der Waals surface area (Å²) in [5.41, 5.74) is 4.72. The summed E-state index contributed by atoms with van der Waals surface area (Å²) in [6, 6.07) is 8.07. The zero-order chi connectivity index (χ0) is 12.7. The molecular weight excluding hydrogens is 276 g/mol. The van der Waals surface area contributed by atoms with E-state index in [0.717, 1.165) is 27.7 Å². The molecule has 92 valence electrons. The van der Waals surface area contributed by atoms with Crippen molar-refractivity contribution >= 4 is 33.7 Å². The molecule has 0 aliphatic carbocycles. The molecular formula is C13H8N4S2. The minimum Gasteiger partial charge on any atom is -0.266 e. The van der Waals surface area contributed by atoms with E-state index in [-0.39, 0.29) is 0 Å². The molecule has 0 aliphatic heterocycles. The Labute approximate surface area is 117 Å². The maximum atomic E-state index is 4.68. The van der Waals surface area contributed by atoms with E-state index in [1.807, 2.05) is 34.5 Å². The summed E-state index contributed by atoms with van der Waals surface area (Å²) in [6.07, 6.45) is 1.81. The number of benzene rings is 1. The van der Waals surface area contributed by atoms with E-state index in [9.17, 15) is 0 Å². The normalized spacial score (nSPS) is 11.2. The second-order valence-electron chi connectivity index (χ2n) is 3.95. The summed E-state index contributed by atoms with van der Waals surface area (Å²) >= 11 is 3.16. The van der Waals surface area contributed by atoms with Gasteiger partial charge in [0.05, 0.1) is 16.5 Å². The molecule has 0 N–H and O–H groups in total. The third-order valence-corrected chi connectivity index (χ3v) is 4.18. The van der Waals surface area contributed by atoms with E-state index in [0.29, 0.717) is 0 Å². The largest absolute Gasteiger partial charge is 0.266 e. The molecule has 0 unspecified atom stereocenters. The molecule has 4 nitrogen and oxygen atoms in total. The van der Waals surface area contributed by atoms with Crippen LogP contribution in [0, 0.1) is 0 Å². The molecule has 4 aromatic rings. The average Bonchev–Trinajstić information content (AvgIpc) is 3.17. The molecule has 0 fully saturated rings. The van der Waals surface area contributed by atoms with Crippen molar-refractivity contribution in [2.75, 3.05) is 0 Å². The highest BCUT2D eigenvalue weighted by molar-refractivity contribution is 7.12. The van der Waals surface area contributed by atoms with E-state index in [2.05, 4.69) is 25.6 Å². The van der Waals surface area contributed by atoms with Crippen molar-refractivity contribution in [3.05, 3.63) is 46.7 Å². The first kappa shape index (κ1) is 10.8. The smallest absolute Gasteiger partial charge is 0.195 e. The van der Waals surface area contributed by atoms with Gasteiger partial charge in [0.15, 0.2) is 11.0 Å². The summed E-state index contributed by atoms with van der Waals surface area (Å²) in [7, 11) is 0. The molecule has 1 aromatic carbocycles. The van der Waals surface area contributed by atoms with Crippen LogP contribution in [0.4, 0.5) is 0 Å². The van der Waals surface area contributed by atoms with Gasteiger partial charge in [0.1, 0.15) is 5.69 Å². The van der Waals surface area contributed by atoms with Crippen LogP contribution in [-0.4, -0.2) is 19.5 Å². The first-order valence-electron chi connectivity index (χ1n) is 5.69.